The van der Waals surface area contributed by atoms with Crippen LogP contribution in [0.3, 0.4) is 0 Å². The molecule has 3 rings (SSSR count). The first-order valence-electron chi connectivity index (χ1n) is 9.60. The van der Waals surface area contributed by atoms with Crippen LogP contribution in [-0.4, -0.2) is 21.2 Å². The molecule has 0 radical (unpaired) electrons. The number of furan rings is 1. The second-order valence-electron chi connectivity index (χ2n) is 7.15. The summed E-state index contributed by atoms with van der Waals surface area (Å²) in [6, 6.07) is 7.90. The average Bonchev–Trinajstić information content (AvgIpc) is 3.34. The van der Waals surface area contributed by atoms with Gasteiger partial charge in [-0.05, 0) is 44.5 Å². The number of carbonyl (C=O) groups is 1. The highest BCUT2D eigenvalue weighted by Crippen LogP contribution is 2.36. The Morgan fingerprint density at radius 3 is 2.52 bits per heavy atom. The molecule has 3 heterocycles. The van der Waals surface area contributed by atoms with Crippen molar-refractivity contribution in [2.75, 3.05) is 11.1 Å². The van der Waals surface area contributed by atoms with Crippen LogP contribution < -0.4 is 5.32 Å². The Balaban J connectivity index is 1.86. The van der Waals surface area contributed by atoms with Crippen LogP contribution in [0.25, 0.3) is 0 Å². The molecule has 7 nitrogen and oxygen atoms in total. The summed E-state index contributed by atoms with van der Waals surface area (Å²) in [5.41, 5.74) is 0.0850. The van der Waals surface area contributed by atoms with Gasteiger partial charge in [0.25, 0.3) is 0 Å². The van der Waals surface area contributed by atoms with Crippen molar-refractivity contribution >= 4 is 23.5 Å². The number of nitrogens with zero attached hydrogens (tertiary/aromatic N) is 4. The van der Waals surface area contributed by atoms with Crippen molar-refractivity contribution in [1.29, 1.82) is 10.5 Å². The Bertz CT molecular complexity index is 1280. The number of aromatic nitrogens is 2. The highest BCUT2D eigenvalue weighted by molar-refractivity contribution is 8.00. The molecule has 0 spiro atoms. The third kappa shape index (κ3) is 5.04. The molecule has 1 amide bonds. The minimum absolute atomic E-state index is 0.0783. The molecule has 170 valence electrons. The van der Waals surface area contributed by atoms with E-state index in [0.29, 0.717) is 11.3 Å². The highest BCUT2D eigenvalue weighted by atomic mass is 32.2. The van der Waals surface area contributed by atoms with E-state index in [2.05, 4.69) is 16.4 Å². The van der Waals surface area contributed by atoms with E-state index >= 15 is 0 Å². The number of nitriles is 2. The third-order valence-corrected chi connectivity index (χ3v) is 5.94. The number of amides is 1. The molecule has 0 saturated heterocycles. The second-order valence-corrected chi connectivity index (χ2v) is 8.11. The molecule has 11 heteroatoms. The van der Waals surface area contributed by atoms with Gasteiger partial charge in [0.15, 0.2) is 0 Å². The Morgan fingerprint density at radius 1 is 1.24 bits per heavy atom. The lowest BCUT2D eigenvalue weighted by Gasteiger charge is -2.14. The fraction of sp³-hybridized carbons (Fsp3) is 0.273. The predicted molar refractivity (Wildman–Crippen MR) is 114 cm³/mol. The lowest BCUT2D eigenvalue weighted by Crippen LogP contribution is -2.19. The van der Waals surface area contributed by atoms with Crippen LogP contribution in [0.2, 0.25) is 0 Å². The van der Waals surface area contributed by atoms with Crippen LogP contribution in [0.1, 0.15) is 39.4 Å². The smallest absolute Gasteiger partial charge is 0.417 e. The maximum Gasteiger partial charge on any atom is 0.417 e. The van der Waals surface area contributed by atoms with E-state index in [1.54, 1.807) is 36.6 Å². The van der Waals surface area contributed by atoms with E-state index in [-0.39, 0.29) is 34.4 Å². The van der Waals surface area contributed by atoms with Crippen molar-refractivity contribution in [3.63, 3.8) is 0 Å². The minimum atomic E-state index is -4.72. The van der Waals surface area contributed by atoms with E-state index in [1.165, 1.54) is 13.2 Å². The van der Waals surface area contributed by atoms with Crippen molar-refractivity contribution in [2.24, 2.45) is 0 Å². The SMILES string of the molecule is Cc1cc(C(F)(F)F)c(C#N)c(SCC(=O)Nc2c(C#N)c(C)c(C)n2Cc2ccco2)n1. The molecule has 0 aromatic carbocycles. The molecule has 0 aliphatic carbocycles. The highest BCUT2D eigenvalue weighted by Gasteiger charge is 2.35. The Kier molecular flexibility index (Phi) is 6.84. The quantitative estimate of drug-likeness (QED) is 0.508. The number of hydrogen-bond donors (Lipinski definition) is 1. The first-order valence-corrected chi connectivity index (χ1v) is 10.6. The van der Waals surface area contributed by atoms with Gasteiger partial charge >= 0.3 is 6.18 Å². The molecule has 3 aromatic heterocycles. The summed E-state index contributed by atoms with van der Waals surface area (Å²) < 4.78 is 47.0. The molecule has 0 fully saturated rings. The van der Waals surface area contributed by atoms with Crippen molar-refractivity contribution in [2.45, 2.75) is 38.5 Å². The number of nitrogens with one attached hydrogen (secondary N) is 1. The van der Waals surface area contributed by atoms with Crippen molar-refractivity contribution in [3.05, 3.63) is 63.9 Å². The van der Waals surface area contributed by atoms with Crippen molar-refractivity contribution in [1.82, 2.24) is 9.55 Å². The lowest BCUT2D eigenvalue weighted by atomic mass is 10.1. The predicted octanol–water partition coefficient (Wildman–Crippen LogP) is 4.94. The molecule has 0 unspecified atom stereocenters. The minimum Gasteiger partial charge on any atom is -0.467 e. The Morgan fingerprint density at radius 2 is 1.94 bits per heavy atom. The summed E-state index contributed by atoms with van der Waals surface area (Å²) >= 11 is 0.723. The molecule has 0 aliphatic heterocycles. The first kappa shape index (κ1) is 24.0. The van der Waals surface area contributed by atoms with Gasteiger partial charge in [0.2, 0.25) is 5.91 Å². The van der Waals surface area contributed by atoms with Crippen LogP contribution >= 0.6 is 11.8 Å². The molecule has 0 saturated carbocycles. The van der Waals surface area contributed by atoms with Crippen LogP contribution in [0.4, 0.5) is 19.0 Å². The van der Waals surface area contributed by atoms with Gasteiger partial charge in [0, 0.05) is 11.4 Å². The number of rotatable bonds is 6. The largest absolute Gasteiger partial charge is 0.467 e. The molecular weight excluding hydrogens is 455 g/mol. The molecule has 0 bridgehead atoms. The summed E-state index contributed by atoms with van der Waals surface area (Å²) in [7, 11) is 0. The summed E-state index contributed by atoms with van der Waals surface area (Å²) in [5, 5.41) is 21.4. The molecular formula is C22H18F3N5O2S. The maximum absolute atomic E-state index is 13.3. The number of aryl methyl sites for hydroxylation is 1. The number of hydrogen-bond acceptors (Lipinski definition) is 6. The van der Waals surface area contributed by atoms with Crippen LogP contribution in [-0.2, 0) is 17.5 Å². The van der Waals surface area contributed by atoms with Gasteiger partial charge in [0.1, 0.15) is 28.7 Å². The number of thioether (sulfide) groups is 1. The zero-order valence-corrected chi connectivity index (χ0v) is 18.7. The molecule has 33 heavy (non-hydrogen) atoms. The number of halogens is 3. The zero-order valence-electron chi connectivity index (χ0n) is 17.9. The summed E-state index contributed by atoms with van der Waals surface area (Å²) in [6.07, 6.45) is -3.21. The van der Waals surface area contributed by atoms with Crippen LogP contribution in [0, 0.1) is 43.4 Å². The Hall–Kier alpha value is -3.70. The van der Waals surface area contributed by atoms with E-state index in [1.807, 2.05) is 0 Å². The molecule has 3 aromatic rings. The molecule has 1 N–H and O–H groups in total. The van der Waals surface area contributed by atoms with E-state index in [0.717, 1.165) is 23.5 Å². The standard InChI is InChI=1S/C22H18F3N5O2S/c1-12-7-18(22(23,24)25)17(9-27)21(28-12)33-11-19(31)29-20-16(8-26)13(2)14(3)30(20)10-15-5-4-6-32-15/h4-7H,10-11H2,1-3H3,(H,29,31). The van der Waals surface area contributed by atoms with Gasteiger partial charge in [-0.1, -0.05) is 11.8 Å². The fourth-order valence-corrected chi connectivity index (χ4v) is 4.12. The summed E-state index contributed by atoms with van der Waals surface area (Å²) in [6.45, 7) is 5.22. The lowest BCUT2D eigenvalue weighted by molar-refractivity contribution is -0.138. The number of alkyl halides is 3. The van der Waals surface area contributed by atoms with Gasteiger partial charge in [-0.2, -0.15) is 23.7 Å². The Labute approximate surface area is 191 Å². The van der Waals surface area contributed by atoms with E-state index < -0.39 is 23.2 Å². The summed E-state index contributed by atoms with van der Waals surface area (Å²) in [5.74, 6) is 0.0144. The fourth-order valence-electron chi connectivity index (χ4n) is 3.27. The monoisotopic (exact) mass is 473 g/mol. The average molecular weight is 473 g/mol. The third-order valence-electron chi connectivity index (χ3n) is 4.96. The maximum atomic E-state index is 13.3. The van der Waals surface area contributed by atoms with Crippen LogP contribution in [0.5, 0.6) is 0 Å². The number of anilines is 1. The van der Waals surface area contributed by atoms with Crippen LogP contribution in [0.15, 0.2) is 33.9 Å². The first-order chi connectivity index (χ1) is 15.6. The van der Waals surface area contributed by atoms with Gasteiger partial charge in [-0.25, -0.2) is 4.98 Å². The van der Waals surface area contributed by atoms with Gasteiger partial charge < -0.3 is 14.3 Å². The second kappa shape index (κ2) is 9.43. The van der Waals surface area contributed by atoms with Crippen molar-refractivity contribution in [3.8, 4) is 12.1 Å². The summed E-state index contributed by atoms with van der Waals surface area (Å²) in [4.78, 5) is 16.7. The van der Waals surface area contributed by atoms with Gasteiger partial charge in [0.05, 0.1) is 35.3 Å². The van der Waals surface area contributed by atoms with Crippen molar-refractivity contribution < 1.29 is 22.4 Å². The molecule has 0 atom stereocenters. The topological polar surface area (TPSA) is 108 Å². The zero-order chi connectivity index (χ0) is 24.3. The van der Waals surface area contributed by atoms with E-state index in [9.17, 15) is 28.5 Å². The number of carbonyl (C=O) groups excluding carboxylic acids is 1. The van der Waals surface area contributed by atoms with E-state index in [4.69, 9.17) is 4.42 Å². The molecule has 0 aliphatic rings. The normalized spacial score (nSPS) is 11.2. The number of pyridine rings is 1. The van der Waals surface area contributed by atoms with Gasteiger partial charge in [-0.15, -0.1) is 0 Å². The van der Waals surface area contributed by atoms with Gasteiger partial charge in [-0.3, -0.25) is 4.79 Å².